The molecular formula is C37H71N7O6. The van der Waals surface area contributed by atoms with Crippen LogP contribution in [0.15, 0.2) is 0 Å². The number of rotatable bonds is 20. The summed E-state index contributed by atoms with van der Waals surface area (Å²) in [5.74, 6) is -1.06. The Bertz CT molecular complexity index is 1060. The summed E-state index contributed by atoms with van der Waals surface area (Å²) in [6, 6.07) is -1.76. The van der Waals surface area contributed by atoms with E-state index in [9.17, 15) is 19.2 Å². The van der Waals surface area contributed by atoms with Crippen molar-refractivity contribution < 1.29 is 28.7 Å². The van der Waals surface area contributed by atoms with E-state index in [1.165, 1.54) is 0 Å². The predicted octanol–water partition coefficient (Wildman–Crippen LogP) is 1.66. The van der Waals surface area contributed by atoms with Crippen molar-refractivity contribution in [3.8, 4) is 0 Å². The smallest absolute Gasteiger partial charge is 0.245 e. The first kappa shape index (κ1) is 43.8. The molecule has 13 nitrogen and oxygen atoms in total. The van der Waals surface area contributed by atoms with E-state index in [2.05, 4.69) is 34.7 Å². The largest absolute Gasteiger partial charge is 0.379 e. The Hall–Kier alpha value is -2.32. The second kappa shape index (κ2) is 21.3. The number of nitrogens with zero attached hydrogens (tertiary/aromatic N) is 4. The number of carbonyl (C=O) groups is 4. The summed E-state index contributed by atoms with van der Waals surface area (Å²) in [4.78, 5) is 62.7. The van der Waals surface area contributed by atoms with Crippen molar-refractivity contribution in [3.05, 3.63) is 0 Å². The molecule has 2 aliphatic rings. The molecular weight excluding hydrogens is 638 g/mol. The molecule has 2 aliphatic heterocycles. The van der Waals surface area contributed by atoms with E-state index in [1.54, 1.807) is 26.2 Å². The number of ether oxygens (including phenoxy) is 2. The number of amides is 4. The van der Waals surface area contributed by atoms with E-state index in [0.29, 0.717) is 13.1 Å². The van der Waals surface area contributed by atoms with Crippen LogP contribution in [-0.4, -0.2) is 161 Å². The van der Waals surface area contributed by atoms with E-state index in [-0.39, 0.29) is 59.9 Å². The van der Waals surface area contributed by atoms with E-state index in [1.807, 2.05) is 58.5 Å². The summed E-state index contributed by atoms with van der Waals surface area (Å²) in [5, 5.41) is 9.48. The Morgan fingerprint density at radius 3 is 2.06 bits per heavy atom. The highest BCUT2D eigenvalue weighted by atomic mass is 16.5. The van der Waals surface area contributed by atoms with Crippen LogP contribution in [-0.2, 0) is 28.7 Å². The fourth-order valence-corrected chi connectivity index (χ4v) is 7.84. The first-order valence-corrected chi connectivity index (χ1v) is 18.9. The van der Waals surface area contributed by atoms with E-state index in [0.717, 1.165) is 52.0 Å². The summed E-state index contributed by atoms with van der Waals surface area (Å²) in [6.45, 7) is 19.7. The SMILES string of the molecule is CC[C@H](C)[C@@H]([C@@H](CC(=O)N1CCCC1[C@H](OC)[C@@H](C)C(=O)NCCN1CCNCC1)OC)N(C)C(=O)C(NC(=O)C(C(C)C)N(C)C)C(C)C. The highest BCUT2D eigenvalue weighted by molar-refractivity contribution is 5.90. The Morgan fingerprint density at radius 2 is 1.54 bits per heavy atom. The molecule has 0 bridgehead atoms. The molecule has 0 spiro atoms. The zero-order chi connectivity index (χ0) is 37.7. The number of nitrogens with one attached hydrogen (secondary N) is 3. The van der Waals surface area contributed by atoms with Crippen molar-refractivity contribution >= 4 is 23.6 Å². The maximum absolute atomic E-state index is 14.2. The number of methoxy groups -OCH3 is 2. The molecule has 13 heteroatoms. The minimum Gasteiger partial charge on any atom is -0.379 e. The zero-order valence-corrected chi connectivity index (χ0v) is 33.3. The van der Waals surface area contributed by atoms with E-state index < -0.39 is 30.2 Å². The zero-order valence-electron chi connectivity index (χ0n) is 33.3. The second-order valence-electron chi connectivity index (χ2n) is 15.4. The quantitative estimate of drug-likeness (QED) is 0.173. The molecule has 8 atom stereocenters. The number of hydrogen-bond acceptors (Lipinski definition) is 9. The van der Waals surface area contributed by atoms with E-state index in [4.69, 9.17) is 9.47 Å². The summed E-state index contributed by atoms with van der Waals surface area (Å²) in [5.41, 5.74) is 0. The summed E-state index contributed by atoms with van der Waals surface area (Å²) in [7, 11) is 8.69. The average Bonchev–Trinajstić information content (AvgIpc) is 3.56. The molecule has 50 heavy (non-hydrogen) atoms. The van der Waals surface area contributed by atoms with Gasteiger partial charge in [0.15, 0.2) is 0 Å². The number of piperazine rings is 1. The molecule has 0 aromatic rings. The lowest BCUT2D eigenvalue weighted by Gasteiger charge is -2.41. The number of likely N-dealkylation sites (tertiary alicyclic amines) is 1. The summed E-state index contributed by atoms with van der Waals surface area (Å²) in [6.07, 6.45) is 1.38. The van der Waals surface area contributed by atoms with Crippen LogP contribution >= 0.6 is 0 Å². The third kappa shape index (κ3) is 11.9. The third-order valence-corrected chi connectivity index (χ3v) is 10.9. The van der Waals surface area contributed by atoms with Gasteiger partial charge in [0.25, 0.3) is 0 Å². The lowest BCUT2D eigenvalue weighted by Crippen LogP contribution is -2.59. The van der Waals surface area contributed by atoms with Gasteiger partial charge < -0.3 is 35.2 Å². The van der Waals surface area contributed by atoms with Gasteiger partial charge in [-0.1, -0.05) is 54.9 Å². The number of carbonyl (C=O) groups excluding carboxylic acids is 4. The fraction of sp³-hybridized carbons (Fsp3) is 0.892. The fourth-order valence-electron chi connectivity index (χ4n) is 7.84. The molecule has 3 unspecified atom stereocenters. The molecule has 2 fully saturated rings. The van der Waals surface area contributed by atoms with E-state index >= 15 is 0 Å². The van der Waals surface area contributed by atoms with Crippen LogP contribution in [0.5, 0.6) is 0 Å². The maximum Gasteiger partial charge on any atom is 0.245 e. The molecule has 0 saturated carbocycles. The Kier molecular flexibility index (Phi) is 18.6. The van der Waals surface area contributed by atoms with Gasteiger partial charge in [-0.05, 0) is 44.7 Å². The standard InChI is InChI=1S/C37H71N7O6/c1-13-26(6)33(42(10)37(48)31(24(2)3)40-36(47)32(25(4)5)41(8)9)29(49-11)23-30(45)44-19-14-15-28(44)34(50-12)27(7)35(46)39-18-22-43-20-16-38-17-21-43/h24-29,31-34,38H,13-23H2,1-12H3,(H,39,46)(H,40,47)/t26-,27+,28?,29+,31?,32?,33-,34+/m0/s1. The first-order chi connectivity index (χ1) is 23.6. The third-order valence-electron chi connectivity index (χ3n) is 10.9. The van der Waals surface area contributed by atoms with Crippen LogP contribution in [0, 0.1) is 23.7 Å². The van der Waals surface area contributed by atoms with Crippen LogP contribution in [0.4, 0.5) is 0 Å². The van der Waals surface area contributed by atoms with Crippen molar-refractivity contribution in [1.82, 2.24) is 35.6 Å². The first-order valence-electron chi connectivity index (χ1n) is 18.9. The Morgan fingerprint density at radius 1 is 0.900 bits per heavy atom. The molecule has 3 N–H and O–H groups in total. The van der Waals surface area contributed by atoms with Gasteiger partial charge in [0.2, 0.25) is 23.6 Å². The van der Waals surface area contributed by atoms with Crippen LogP contribution in [0.2, 0.25) is 0 Å². The second-order valence-corrected chi connectivity index (χ2v) is 15.4. The average molecular weight is 710 g/mol. The van der Waals surface area contributed by atoms with Gasteiger partial charge in [-0.15, -0.1) is 0 Å². The minimum absolute atomic E-state index is 0.0152. The summed E-state index contributed by atoms with van der Waals surface area (Å²) < 4.78 is 12.0. The van der Waals surface area contributed by atoms with Gasteiger partial charge in [0.05, 0.1) is 42.7 Å². The molecule has 290 valence electrons. The number of hydrogen-bond donors (Lipinski definition) is 3. The van der Waals surface area contributed by atoms with Gasteiger partial charge >= 0.3 is 0 Å². The molecule has 0 radical (unpaired) electrons. The van der Waals surface area contributed by atoms with Crippen LogP contribution in [0.1, 0.15) is 74.1 Å². The summed E-state index contributed by atoms with van der Waals surface area (Å²) >= 11 is 0. The monoisotopic (exact) mass is 710 g/mol. The van der Waals surface area contributed by atoms with Gasteiger partial charge in [-0.2, -0.15) is 0 Å². The van der Waals surface area contributed by atoms with Gasteiger partial charge in [0, 0.05) is 67.1 Å². The van der Waals surface area contributed by atoms with Crippen LogP contribution < -0.4 is 16.0 Å². The normalized spacial score (nSPS) is 21.4. The van der Waals surface area contributed by atoms with Crippen molar-refractivity contribution in [2.75, 3.05) is 81.2 Å². The van der Waals surface area contributed by atoms with Crippen molar-refractivity contribution in [3.63, 3.8) is 0 Å². The lowest BCUT2D eigenvalue weighted by molar-refractivity contribution is -0.148. The predicted molar refractivity (Wildman–Crippen MR) is 198 cm³/mol. The van der Waals surface area contributed by atoms with Gasteiger partial charge in [-0.3, -0.25) is 29.0 Å². The highest BCUT2D eigenvalue weighted by Gasteiger charge is 2.43. The minimum atomic E-state index is -0.733. The van der Waals surface area contributed by atoms with Crippen LogP contribution in [0.25, 0.3) is 0 Å². The van der Waals surface area contributed by atoms with Crippen LogP contribution in [0.3, 0.4) is 0 Å². The molecule has 0 aromatic carbocycles. The molecule has 0 aromatic heterocycles. The Balaban J connectivity index is 2.19. The van der Waals surface area contributed by atoms with Crippen molar-refractivity contribution in [2.45, 2.75) is 111 Å². The highest BCUT2D eigenvalue weighted by Crippen LogP contribution is 2.29. The topological polar surface area (TPSA) is 136 Å². The molecule has 2 rings (SSSR count). The Labute approximate surface area is 302 Å². The van der Waals surface area contributed by atoms with Gasteiger partial charge in [-0.25, -0.2) is 0 Å². The molecule has 0 aliphatic carbocycles. The van der Waals surface area contributed by atoms with Crippen molar-refractivity contribution in [1.29, 1.82) is 0 Å². The molecule has 2 saturated heterocycles. The van der Waals surface area contributed by atoms with Crippen molar-refractivity contribution in [2.24, 2.45) is 23.7 Å². The molecule has 2 heterocycles. The van der Waals surface area contributed by atoms with Gasteiger partial charge in [0.1, 0.15) is 6.04 Å². The lowest BCUT2D eigenvalue weighted by atomic mass is 9.89. The number of likely N-dealkylation sites (N-methyl/N-ethyl adjacent to an activating group) is 2. The molecule has 4 amide bonds. The maximum atomic E-state index is 14.2.